The monoisotopic (exact) mass is 401 g/mol. The predicted molar refractivity (Wildman–Crippen MR) is 118 cm³/mol. The molecule has 3 aromatic carbocycles. The van der Waals surface area contributed by atoms with Gasteiger partial charge in [-0.2, -0.15) is 0 Å². The number of rotatable bonds is 5. The summed E-state index contributed by atoms with van der Waals surface area (Å²) in [6.45, 7) is 5.60. The Bertz CT molecular complexity index is 1250. The molecule has 1 amide bonds. The number of amides is 1. The van der Waals surface area contributed by atoms with Gasteiger partial charge < -0.3 is 14.5 Å². The minimum atomic E-state index is -0.918. The van der Waals surface area contributed by atoms with E-state index in [1.165, 1.54) is 0 Å². The number of carbonyl (C=O) groups excluding carboxylic acids is 2. The summed E-state index contributed by atoms with van der Waals surface area (Å²) in [6, 6.07) is 17.4. The first-order chi connectivity index (χ1) is 14.4. The Morgan fingerprint density at radius 1 is 1.00 bits per heavy atom. The molecular weight excluding hydrogens is 378 g/mol. The molecule has 0 saturated carbocycles. The molecule has 5 heteroatoms. The molecule has 5 nitrogen and oxygen atoms in total. The van der Waals surface area contributed by atoms with Crippen molar-refractivity contribution in [1.82, 2.24) is 0 Å². The number of hydrogen-bond acceptors (Lipinski definition) is 4. The third kappa shape index (κ3) is 3.92. The van der Waals surface area contributed by atoms with Crippen LogP contribution in [-0.2, 0) is 20.7 Å². The number of nitrogens with one attached hydrogen (secondary N) is 1. The number of ether oxygens (including phenoxy) is 1. The molecule has 0 aliphatic carbocycles. The molecular formula is C25H23NO4. The molecule has 0 unspecified atom stereocenters. The van der Waals surface area contributed by atoms with Crippen LogP contribution in [0.3, 0.4) is 0 Å². The molecule has 1 heterocycles. The zero-order valence-corrected chi connectivity index (χ0v) is 17.2. The molecule has 4 aromatic rings. The van der Waals surface area contributed by atoms with E-state index in [2.05, 4.69) is 5.32 Å². The number of furan rings is 1. The fourth-order valence-electron chi connectivity index (χ4n) is 3.49. The Balaban J connectivity index is 1.43. The molecule has 1 aromatic heterocycles. The van der Waals surface area contributed by atoms with Crippen molar-refractivity contribution in [3.63, 3.8) is 0 Å². The molecule has 4 rings (SSSR count). The maximum Gasteiger partial charge on any atom is 0.311 e. The van der Waals surface area contributed by atoms with Crippen molar-refractivity contribution >= 4 is 39.3 Å². The Hall–Kier alpha value is -3.60. The van der Waals surface area contributed by atoms with Gasteiger partial charge in [-0.25, -0.2) is 0 Å². The Morgan fingerprint density at radius 3 is 2.57 bits per heavy atom. The zero-order chi connectivity index (χ0) is 21.3. The number of fused-ring (bicyclic) bond motifs is 2. The van der Waals surface area contributed by atoms with Crippen LogP contribution >= 0.6 is 0 Å². The number of anilines is 1. The highest BCUT2D eigenvalue weighted by molar-refractivity contribution is 6.03. The fourth-order valence-corrected chi connectivity index (χ4v) is 3.49. The maximum atomic E-state index is 12.6. The molecule has 0 radical (unpaired) electrons. The fraction of sp³-hybridized carbons (Fsp3) is 0.200. The SMILES string of the molecule is Cc1cc2occ(CC(=O)O[C@@H](C)C(=O)Nc3cccc4ccccc34)c2cc1C. The summed E-state index contributed by atoms with van der Waals surface area (Å²) in [7, 11) is 0. The van der Waals surface area contributed by atoms with Crippen molar-refractivity contribution in [3.05, 3.63) is 77.6 Å². The van der Waals surface area contributed by atoms with Gasteiger partial charge in [0.15, 0.2) is 6.10 Å². The summed E-state index contributed by atoms with van der Waals surface area (Å²) in [6.07, 6.45) is 0.700. The van der Waals surface area contributed by atoms with Gasteiger partial charge in [-0.15, -0.1) is 0 Å². The first-order valence-corrected chi connectivity index (χ1v) is 9.88. The Kier molecular flexibility index (Phi) is 5.27. The number of carbonyl (C=O) groups is 2. The van der Waals surface area contributed by atoms with E-state index in [4.69, 9.17) is 9.15 Å². The van der Waals surface area contributed by atoms with Gasteiger partial charge in [-0.3, -0.25) is 9.59 Å². The molecule has 0 spiro atoms. The van der Waals surface area contributed by atoms with Gasteiger partial charge in [0.05, 0.1) is 12.7 Å². The average molecular weight is 401 g/mol. The van der Waals surface area contributed by atoms with E-state index in [-0.39, 0.29) is 12.3 Å². The number of hydrogen-bond donors (Lipinski definition) is 1. The van der Waals surface area contributed by atoms with E-state index >= 15 is 0 Å². The maximum absolute atomic E-state index is 12.6. The van der Waals surface area contributed by atoms with Crippen molar-refractivity contribution in [2.45, 2.75) is 33.3 Å². The Morgan fingerprint density at radius 2 is 1.73 bits per heavy atom. The summed E-state index contributed by atoms with van der Waals surface area (Å²) in [5.41, 5.74) is 4.43. The van der Waals surface area contributed by atoms with E-state index in [0.29, 0.717) is 5.69 Å². The zero-order valence-electron chi connectivity index (χ0n) is 17.2. The lowest BCUT2D eigenvalue weighted by Crippen LogP contribution is -2.30. The molecule has 30 heavy (non-hydrogen) atoms. The quantitative estimate of drug-likeness (QED) is 0.460. The van der Waals surface area contributed by atoms with Gasteiger partial charge in [0.1, 0.15) is 5.58 Å². The topological polar surface area (TPSA) is 68.5 Å². The summed E-state index contributed by atoms with van der Waals surface area (Å²) in [5.74, 6) is -0.847. The minimum Gasteiger partial charge on any atom is -0.464 e. The first-order valence-electron chi connectivity index (χ1n) is 9.88. The lowest BCUT2D eigenvalue weighted by atomic mass is 10.0. The number of aryl methyl sites for hydroxylation is 2. The van der Waals surface area contributed by atoms with E-state index in [1.54, 1.807) is 13.2 Å². The summed E-state index contributed by atoms with van der Waals surface area (Å²) >= 11 is 0. The van der Waals surface area contributed by atoms with Crippen molar-refractivity contribution in [1.29, 1.82) is 0 Å². The molecule has 0 aliphatic rings. The summed E-state index contributed by atoms with van der Waals surface area (Å²) < 4.78 is 11.0. The molecule has 1 N–H and O–H groups in total. The van der Waals surface area contributed by atoms with Crippen LogP contribution < -0.4 is 5.32 Å². The average Bonchev–Trinajstić information content (AvgIpc) is 3.09. The van der Waals surface area contributed by atoms with Gasteiger partial charge in [0, 0.05) is 22.0 Å². The van der Waals surface area contributed by atoms with Crippen LogP contribution in [0.4, 0.5) is 5.69 Å². The van der Waals surface area contributed by atoms with Crippen LogP contribution in [0.5, 0.6) is 0 Å². The first kappa shape index (κ1) is 19.7. The second kappa shape index (κ2) is 8.03. The summed E-state index contributed by atoms with van der Waals surface area (Å²) in [5, 5.41) is 5.71. The van der Waals surface area contributed by atoms with E-state index in [0.717, 1.165) is 38.4 Å². The predicted octanol–water partition coefficient (Wildman–Crippen LogP) is 5.32. The van der Waals surface area contributed by atoms with Crippen molar-refractivity contribution in [2.75, 3.05) is 5.32 Å². The van der Waals surface area contributed by atoms with Crippen LogP contribution in [0.1, 0.15) is 23.6 Å². The third-order valence-corrected chi connectivity index (χ3v) is 5.33. The van der Waals surface area contributed by atoms with Gasteiger partial charge in [0.2, 0.25) is 0 Å². The van der Waals surface area contributed by atoms with Crippen LogP contribution in [-0.4, -0.2) is 18.0 Å². The summed E-state index contributed by atoms with van der Waals surface area (Å²) in [4.78, 5) is 25.0. The second-order valence-electron chi connectivity index (χ2n) is 7.52. The van der Waals surface area contributed by atoms with E-state index in [9.17, 15) is 9.59 Å². The second-order valence-corrected chi connectivity index (χ2v) is 7.52. The molecule has 0 fully saturated rings. The highest BCUT2D eigenvalue weighted by atomic mass is 16.5. The van der Waals surface area contributed by atoms with Crippen LogP contribution in [0.15, 0.2) is 65.3 Å². The molecule has 0 saturated heterocycles. The lowest BCUT2D eigenvalue weighted by Gasteiger charge is -2.14. The van der Waals surface area contributed by atoms with Crippen molar-refractivity contribution in [2.24, 2.45) is 0 Å². The highest BCUT2D eigenvalue weighted by Gasteiger charge is 2.20. The van der Waals surface area contributed by atoms with Gasteiger partial charge in [-0.05, 0) is 55.5 Å². The number of benzene rings is 3. The van der Waals surface area contributed by atoms with Crippen LogP contribution in [0, 0.1) is 13.8 Å². The van der Waals surface area contributed by atoms with Crippen molar-refractivity contribution in [3.8, 4) is 0 Å². The van der Waals surface area contributed by atoms with E-state index < -0.39 is 12.1 Å². The molecule has 0 bridgehead atoms. The normalized spacial score (nSPS) is 12.1. The van der Waals surface area contributed by atoms with E-state index in [1.807, 2.05) is 68.4 Å². The highest BCUT2D eigenvalue weighted by Crippen LogP contribution is 2.26. The van der Waals surface area contributed by atoms with Gasteiger partial charge in [-0.1, -0.05) is 36.4 Å². The molecule has 152 valence electrons. The molecule has 1 atom stereocenters. The third-order valence-electron chi connectivity index (χ3n) is 5.33. The van der Waals surface area contributed by atoms with Gasteiger partial charge >= 0.3 is 5.97 Å². The largest absolute Gasteiger partial charge is 0.464 e. The van der Waals surface area contributed by atoms with Crippen LogP contribution in [0.2, 0.25) is 0 Å². The van der Waals surface area contributed by atoms with Crippen LogP contribution in [0.25, 0.3) is 21.7 Å². The number of esters is 1. The van der Waals surface area contributed by atoms with Crippen molar-refractivity contribution < 1.29 is 18.7 Å². The van der Waals surface area contributed by atoms with Gasteiger partial charge in [0.25, 0.3) is 5.91 Å². The smallest absolute Gasteiger partial charge is 0.311 e. The molecule has 0 aliphatic heterocycles. The lowest BCUT2D eigenvalue weighted by molar-refractivity contribution is -0.152. The standard InChI is InChI=1S/C25H23NO4/c1-15-11-21-19(14-29-23(21)12-16(15)2)13-24(27)30-17(3)25(28)26-22-10-6-8-18-7-4-5-9-20(18)22/h4-12,14,17H,13H2,1-3H3,(H,26,28)/t17-/m0/s1. The minimum absolute atomic E-state index is 0.0430. The Labute approximate surface area is 174 Å².